The summed E-state index contributed by atoms with van der Waals surface area (Å²) in [6.07, 6.45) is 0.560. The van der Waals surface area contributed by atoms with Gasteiger partial charge in [0.2, 0.25) is 5.13 Å². The normalized spacial score (nSPS) is 18.5. The lowest BCUT2D eigenvalue weighted by atomic mass is 10.2. The number of aliphatic hydroxyl groups is 1. The number of benzene rings is 1. The maximum absolute atomic E-state index is 12.2. The molecule has 1 aliphatic rings. The molecule has 0 radical (unpaired) electrons. The second-order valence-electron chi connectivity index (χ2n) is 5.91. The van der Waals surface area contributed by atoms with Gasteiger partial charge in [-0.3, -0.25) is 0 Å². The first-order valence-electron chi connectivity index (χ1n) is 8.08. The molecule has 0 saturated carbocycles. The quantitative estimate of drug-likeness (QED) is 0.510. The van der Waals surface area contributed by atoms with Crippen LogP contribution in [0.15, 0.2) is 18.2 Å². The molecule has 7 nitrogen and oxygen atoms in total. The Balaban J connectivity index is 1.83. The first-order chi connectivity index (χ1) is 12.4. The highest BCUT2D eigenvalue weighted by Gasteiger charge is 2.37. The number of aliphatic hydroxyl groups excluding tert-OH is 1. The van der Waals surface area contributed by atoms with Crippen LogP contribution in [-0.2, 0) is 0 Å². The SMILES string of the molecule is CCCC(Oc1ccc(I)cc1I)c1nnc(N2C(=O)N(C)CC2O)s1. The lowest BCUT2D eigenvalue weighted by molar-refractivity contribution is 0.183. The van der Waals surface area contributed by atoms with Crippen molar-refractivity contribution in [1.82, 2.24) is 15.1 Å². The second kappa shape index (κ2) is 8.52. The molecule has 1 fully saturated rings. The van der Waals surface area contributed by atoms with Crippen molar-refractivity contribution >= 4 is 67.7 Å². The Hall–Kier alpha value is -0.730. The van der Waals surface area contributed by atoms with E-state index in [1.54, 1.807) is 7.05 Å². The van der Waals surface area contributed by atoms with Crippen molar-refractivity contribution in [3.63, 3.8) is 0 Å². The summed E-state index contributed by atoms with van der Waals surface area (Å²) in [5.74, 6) is 0.804. The third kappa shape index (κ3) is 4.22. The molecule has 26 heavy (non-hydrogen) atoms. The average Bonchev–Trinajstić information content (AvgIpc) is 3.14. The molecular formula is C16H18I2N4O3S. The summed E-state index contributed by atoms with van der Waals surface area (Å²) in [6.45, 7) is 2.34. The molecule has 1 saturated heterocycles. The molecule has 2 amide bonds. The Morgan fingerprint density at radius 2 is 2.19 bits per heavy atom. The van der Waals surface area contributed by atoms with Crippen molar-refractivity contribution in [3.05, 3.63) is 30.3 Å². The number of amides is 2. The number of likely N-dealkylation sites (N-methyl/N-ethyl adjacent to an activating group) is 1. The molecule has 1 aliphatic heterocycles. The van der Waals surface area contributed by atoms with Gasteiger partial charge in [0.25, 0.3) is 0 Å². The number of aromatic nitrogens is 2. The van der Waals surface area contributed by atoms with E-state index in [1.807, 2.05) is 12.1 Å². The molecule has 1 aromatic carbocycles. The van der Waals surface area contributed by atoms with E-state index in [9.17, 15) is 9.90 Å². The van der Waals surface area contributed by atoms with Crippen LogP contribution in [0.1, 0.15) is 30.9 Å². The molecule has 2 heterocycles. The minimum Gasteiger partial charge on any atom is -0.482 e. The Kier molecular flexibility index (Phi) is 6.56. The number of rotatable bonds is 6. The second-order valence-corrected chi connectivity index (χ2v) is 9.30. The number of nitrogens with zero attached hydrogens (tertiary/aromatic N) is 4. The van der Waals surface area contributed by atoms with Gasteiger partial charge in [-0.1, -0.05) is 24.7 Å². The summed E-state index contributed by atoms with van der Waals surface area (Å²) in [4.78, 5) is 14.9. The zero-order valence-corrected chi connectivity index (χ0v) is 19.4. The summed E-state index contributed by atoms with van der Waals surface area (Å²) in [6, 6.07) is 5.74. The van der Waals surface area contributed by atoms with Crippen molar-refractivity contribution in [1.29, 1.82) is 0 Å². The van der Waals surface area contributed by atoms with Crippen LogP contribution in [0, 0.1) is 7.14 Å². The largest absolute Gasteiger partial charge is 0.482 e. The van der Waals surface area contributed by atoms with Gasteiger partial charge in [-0.15, -0.1) is 10.2 Å². The Morgan fingerprint density at radius 3 is 2.81 bits per heavy atom. The lowest BCUT2D eigenvalue weighted by Crippen LogP contribution is -2.34. The van der Waals surface area contributed by atoms with Crippen LogP contribution in [0.3, 0.4) is 0 Å². The van der Waals surface area contributed by atoms with Crippen molar-refractivity contribution in [3.8, 4) is 5.75 Å². The first-order valence-corrected chi connectivity index (χ1v) is 11.1. The van der Waals surface area contributed by atoms with Crippen LogP contribution in [0.4, 0.5) is 9.93 Å². The summed E-state index contributed by atoms with van der Waals surface area (Å²) < 4.78 is 8.38. The number of halogens is 2. The van der Waals surface area contributed by atoms with Crippen molar-refractivity contribution < 1.29 is 14.6 Å². The predicted octanol–water partition coefficient (Wildman–Crippen LogP) is 3.86. The van der Waals surface area contributed by atoms with Gasteiger partial charge in [0, 0.05) is 10.6 Å². The standard InChI is InChI=1S/C16H18I2N4O3S/c1-3-4-12(25-11-6-5-9(17)7-10(11)18)14-19-20-15(26-14)22-13(23)8-21(2)16(22)24/h5-7,12-13,23H,3-4,8H2,1-2H3. The number of hydrogen-bond acceptors (Lipinski definition) is 6. The van der Waals surface area contributed by atoms with Gasteiger partial charge in [0.15, 0.2) is 17.3 Å². The monoisotopic (exact) mass is 600 g/mol. The van der Waals surface area contributed by atoms with E-state index in [0.717, 1.165) is 25.7 Å². The Bertz CT molecular complexity index is 804. The first kappa shape index (κ1) is 20.0. The minimum absolute atomic E-state index is 0.243. The molecule has 0 aliphatic carbocycles. The third-order valence-corrected chi connectivity index (χ3v) is 6.42. The van der Waals surface area contributed by atoms with Crippen LogP contribution >= 0.6 is 56.5 Å². The van der Waals surface area contributed by atoms with E-state index in [2.05, 4.69) is 68.4 Å². The topological polar surface area (TPSA) is 78.8 Å². The number of carbonyl (C=O) groups excluding carboxylic acids is 1. The van der Waals surface area contributed by atoms with Gasteiger partial charge in [-0.25, -0.2) is 9.69 Å². The Labute approximate surface area is 183 Å². The van der Waals surface area contributed by atoms with E-state index in [0.29, 0.717) is 10.1 Å². The molecule has 0 spiro atoms. The highest BCUT2D eigenvalue weighted by molar-refractivity contribution is 14.1. The smallest absolute Gasteiger partial charge is 0.328 e. The van der Waals surface area contributed by atoms with Crippen LogP contribution in [0.5, 0.6) is 5.75 Å². The third-order valence-electron chi connectivity index (χ3n) is 3.89. The van der Waals surface area contributed by atoms with Gasteiger partial charge >= 0.3 is 6.03 Å². The summed E-state index contributed by atoms with van der Waals surface area (Å²) in [5, 5.41) is 19.5. The zero-order valence-electron chi connectivity index (χ0n) is 14.2. The van der Waals surface area contributed by atoms with Gasteiger partial charge in [0.05, 0.1) is 10.1 Å². The number of anilines is 1. The van der Waals surface area contributed by atoms with E-state index in [-0.39, 0.29) is 18.7 Å². The zero-order chi connectivity index (χ0) is 18.8. The van der Waals surface area contributed by atoms with Crippen LogP contribution in [0.2, 0.25) is 0 Å². The lowest BCUT2D eigenvalue weighted by Gasteiger charge is -2.17. The fourth-order valence-electron chi connectivity index (χ4n) is 2.60. The van der Waals surface area contributed by atoms with E-state index in [4.69, 9.17) is 4.74 Å². The van der Waals surface area contributed by atoms with E-state index >= 15 is 0 Å². The summed E-state index contributed by atoms with van der Waals surface area (Å²) in [7, 11) is 1.65. The van der Waals surface area contributed by atoms with E-state index < -0.39 is 6.23 Å². The van der Waals surface area contributed by atoms with Gasteiger partial charge in [0.1, 0.15) is 5.75 Å². The number of urea groups is 1. The Morgan fingerprint density at radius 1 is 1.42 bits per heavy atom. The summed E-state index contributed by atoms with van der Waals surface area (Å²) >= 11 is 5.81. The molecule has 2 atom stereocenters. The molecule has 1 aromatic heterocycles. The van der Waals surface area contributed by atoms with Gasteiger partial charge in [-0.2, -0.15) is 0 Å². The van der Waals surface area contributed by atoms with Gasteiger partial charge < -0.3 is 14.7 Å². The molecule has 1 N–H and O–H groups in total. The highest BCUT2D eigenvalue weighted by Crippen LogP contribution is 2.35. The minimum atomic E-state index is -0.906. The van der Waals surface area contributed by atoms with Crippen molar-refractivity contribution in [2.75, 3.05) is 18.5 Å². The van der Waals surface area contributed by atoms with Crippen LogP contribution in [-0.4, -0.2) is 46.1 Å². The maximum atomic E-state index is 12.2. The molecule has 140 valence electrons. The fraction of sp³-hybridized carbons (Fsp3) is 0.438. The number of hydrogen-bond donors (Lipinski definition) is 1. The fourth-order valence-corrected chi connectivity index (χ4v) is 5.27. The number of β-amino-alcohol motifs (C(OH)–C–C–N with tert-alkyl or cyclic N) is 1. The molecule has 3 rings (SSSR count). The van der Waals surface area contributed by atoms with E-state index in [1.165, 1.54) is 21.1 Å². The maximum Gasteiger partial charge on any atom is 0.328 e. The predicted molar refractivity (Wildman–Crippen MR) is 117 cm³/mol. The van der Waals surface area contributed by atoms with Crippen LogP contribution < -0.4 is 9.64 Å². The molecule has 2 aromatic rings. The number of ether oxygens (including phenoxy) is 1. The number of carbonyl (C=O) groups is 1. The van der Waals surface area contributed by atoms with Gasteiger partial charge in [-0.05, 0) is 69.8 Å². The molecule has 0 bridgehead atoms. The van der Waals surface area contributed by atoms with Crippen molar-refractivity contribution in [2.24, 2.45) is 0 Å². The van der Waals surface area contributed by atoms with Crippen LogP contribution in [0.25, 0.3) is 0 Å². The summed E-state index contributed by atoms with van der Waals surface area (Å²) in [5.41, 5.74) is 0. The molecule has 10 heteroatoms. The highest BCUT2D eigenvalue weighted by atomic mass is 127. The van der Waals surface area contributed by atoms with Crippen molar-refractivity contribution in [2.45, 2.75) is 32.1 Å². The molecule has 2 unspecified atom stereocenters. The molecular weight excluding hydrogens is 582 g/mol. The average molecular weight is 600 g/mol.